The maximum atomic E-state index is 16.4. The molecule has 60 heavy (non-hydrogen) atoms. The van der Waals surface area contributed by atoms with Crippen molar-refractivity contribution < 1.29 is 59.7 Å². The Labute approximate surface area is 348 Å². The number of halogens is 5. The highest BCUT2D eigenvalue weighted by atomic mass is 35.5. The molecule has 2 aromatic carbocycles. The molecule has 3 N–H and O–H groups in total. The third kappa shape index (κ3) is 10.5. The van der Waals surface area contributed by atoms with Crippen molar-refractivity contribution in [1.29, 1.82) is 0 Å². The fourth-order valence-corrected chi connectivity index (χ4v) is 8.24. The number of rotatable bonds is 10. The van der Waals surface area contributed by atoms with Crippen molar-refractivity contribution in [3.8, 4) is 17.0 Å². The molecule has 1 saturated carbocycles. The summed E-state index contributed by atoms with van der Waals surface area (Å²) in [5, 5.41) is 17.3. The maximum Gasteiger partial charge on any atom is 0.425 e. The van der Waals surface area contributed by atoms with Gasteiger partial charge in [-0.3, -0.25) is 9.40 Å². The molecule has 0 spiro atoms. The number of ether oxygens (including phenoxy) is 3. The quantitative estimate of drug-likeness (QED) is 0.128. The minimum absolute atomic E-state index is 0.155. The Hall–Kier alpha value is -5.37. The molecule has 15 nitrogen and oxygen atoms in total. The summed E-state index contributed by atoms with van der Waals surface area (Å²) in [5.74, 6) is -3.93. The van der Waals surface area contributed by atoms with Gasteiger partial charge in [-0.2, -0.15) is 18.8 Å². The summed E-state index contributed by atoms with van der Waals surface area (Å²) in [7, 11) is -4.85. The van der Waals surface area contributed by atoms with E-state index in [0.29, 0.717) is 49.4 Å². The predicted octanol–water partition coefficient (Wildman–Crippen LogP) is 9.98. The number of anilines is 2. The van der Waals surface area contributed by atoms with Gasteiger partial charge in [0.25, 0.3) is 10.0 Å². The van der Waals surface area contributed by atoms with Gasteiger partial charge in [-0.15, -0.1) is 0 Å². The molecule has 0 saturated heterocycles. The van der Waals surface area contributed by atoms with E-state index >= 15 is 8.78 Å². The summed E-state index contributed by atoms with van der Waals surface area (Å²) in [5.41, 5.74) is -2.88. The molecule has 2 heterocycles. The highest BCUT2D eigenvalue weighted by molar-refractivity contribution is 7.92. The summed E-state index contributed by atoms with van der Waals surface area (Å²) in [4.78, 5) is 42.7. The first kappa shape index (κ1) is 45.7. The van der Waals surface area contributed by atoms with E-state index in [0.717, 1.165) is 12.1 Å². The van der Waals surface area contributed by atoms with E-state index in [4.69, 9.17) is 21.1 Å². The van der Waals surface area contributed by atoms with Gasteiger partial charge in [0.05, 0.1) is 21.6 Å². The average molecular weight is 885 g/mol. The number of pyridine rings is 1. The number of fused-ring (bicyclic) bond motifs is 1. The van der Waals surface area contributed by atoms with Gasteiger partial charge >= 0.3 is 24.9 Å². The maximum absolute atomic E-state index is 16.4. The molecule has 0 atom stereocenters. The topological polar surface area (TPSA) is 191 Å². The predicted molar refractivity (Wildman–Crippen MR) is 213 cm³/mol. The van der Waals surface area contributed by atoms with Crippen molar-refractivity contribution in [2.45, 2.75) is 122 Å². The number of hydrogen-bond acceptors (Lipinski definition) is 10. The van der Waals surface area contributed by atoms with Gasteiger partial charge in [0.15, 0.2) is 5.82 Å². The molecule has 1 fully saturated rings. The van der Waals surface area contributed by atoms with Crippen LogP contribution in [0, 0.1) is 11.6 Å². The number of carboxylic acid groups (broad SMARTS) is 1. The number of alkyl halides is 2. The van der Waals surface area contributed by atoms with Crippen molar-refractivity contribution in [2.75, 3.05) is 9.62 Å². The number of imide groups is 1. The molecule has 1 aliphatic carbocycles. The van der Waals surface area contributed by atoms with Gasteiger partial charge in [-0.1, -0.05) is 11.6 Å². The zero-order valence-corrected chi connectivity index (χ0v) is 35.5. The van der Waals surface area contributed by atoms with E-state index in [2.05, 4.69) is 20.1 Å². The van der Waals surface area contributed by atoms with Crippen LogP contribution in [0.25, 0.3) is 22.2 Å². The molecule has 0 bridgehead atoms. The lowest BCUT2D eigenvalue weighted by Gasteiger charge is -2.31. The van der Waals surface area contributed by atoms with E-state index in [1.165, 1.54) is 31.6 Å². The van der Waals surface area contributed by atoms with Crippen LogP contribution in [0.5, 0.6) is 5.75 Å². The van der Waals surface area contributed by atoms with Crippen molar-refractivity contribution in [3.05, 3.63) is 58.7 Å². The number of sulfonamides is 1. The number of alkyl carbamates (subject to hydrolysis) is 1. The zero-order chi connectivity index (χ0) is 44.6. The van der Waals surface area contributed by atoms with Gasteiger partial charge in [-0.05, 0) is 111 Å². The minimum Gasteiger partial charge on any atom is -0.464 e. The Balaban J connectivity index is 1.65. The molecule has 4 aromatic rings. The smallest absolute Gasteiger partial charge is 0.425 e. The summed E-state index contributed by atoms with van der Waals surface area (Å²) in [6, 6.07) is 3.05. The largest absolute Gasteiger partial charge is 0.464 e. The van der Waals surface area contributed by atoms with Crippen LogP contribution in [0.3, 0.4) is 0 Å². The zero-order valence-electron chi connectivity index (χ0n) is 33.9. The third-order valence-corrected chi connectivity index (χ3v) is 10.9. The Kier molecular flexibility index (Phi) is 13.2. The summed E-state index contributed by atoms with van der Waals surface area (Å²) < 4.78 is 103. The van der Waals surface area contributed by atoms with Crippen LogP contribution in [0.2, 0.25) is 5.02 Å². The average Bonchev–Trinajstić information content (AvgIpc) is 3.50. The highest BCUT2D eigenvalue weighted by Crippen LogP contribution is 2.44. The SMILES string of the molecule is CC(C)n1nc(-c2cc(F)c(NS(=O)(=O)c3cc(OC(F)F)ccc3Cl)cc2F)c2c(N(C(=O)O)C(=O)OC(C)(C)C)ncc([C@H]3CC[C@@H](NC(=O)OC(C)(C)C)CC3)c21. The summed E-state index contributed by atoms with van der Waals surface area (Å²) in [6.07, 6.45) is -0.278. The van der Waals surface area contributed by atoms with Crippen LogP contribution in [0.15, 0.2) is 41.4 Å². The number of nitrogens with zero attached hydrogens (tertiary/aromatic N) is 4. The number of carbonyl (C=O) groups excluding carboxylic acids is 2. The van der Waals surface area contributed by atoms with Gasteiger partial charge in [0.1, 0.15) is 39.2 Å². The molecule has 0 aliphatic heterocycles. The molecule has 3 amide bonds. The lowest BCUT2D eigenvalue weighted by molar-refractivity contribution is -0.0500. The first-order valence-corrected chi connectivity index (χ1v) is 20.6. The van der Waals surface area contributed by atoms with Crippen LogP contribution in [0.1, 0.15) is 98.6 Å². The molecule has 5 rings (SSSR count). The molecule has 0 unspecified atom stereocenters. The second-order valence-electron chi connectivity index (χ2n) is 16.3. The van der Waals surface area contributed by atoms with E-state index in [1.807, 2.05) is 4.72 Å². The van der Waals surface area contributed by atoms with Crippen LogP contribution < -0.4 is 19.7 Å². The van der Waals surface area contributed by atoms with E-state index in [-0.39, 0.29) is 33.5 Å². The number of nitrogens with one attached hydrogen (secondary N) is 2. The first-order chi connectivity index (χ1) is 27.8. The Bertz CT molecular complexity index is 2410. The van der Waals surface area contributed by atoms with Crippen molar-refractivity contribution >= 4 is 62.3 Å². The fourth-order valence-electron chi connectivity index (χ4n) is 6.67. The molecular weight excluding hydrogens is 840 g/mol. The van der Waals surface area contributed by atoms with Crippen LogP contribution in [0.4, 0.5) is 43.5 Å². The molecule has 326 valence electrons. The number of benzene rings is 2. The third-order valence-electron chi connectivity index (χ3n) is 9.06. The Morgan fingerprint density at radius 3 is 2.17 bits per heavy atom. The van der Waals surface area contributed by atoms with Gasteiger partial charge < -0.3 is 24.6 Å². The molecule has 1 aliphatic rings. The normalized spacial score (nSPS) is 16.2. The number of hydrogen-bond donors (Lipinski definition) is 3. The molecule has 21 heteroatoms. The number of amides is 3. The van der Waals surface area contributed by atoms with Crippen molar-refractivity contribution in [3.63, 3.8) is 0 Å². The standard InChI is InChI=1S/C39H45ClF4N6O9S/c1-19(2)50-32-24(20-9-11-21(12-10-20)46-35(51)58-38(3,4)5)18-45-33(49(36(52)53)37(54)59-39(6,7)8)30(32)31(47-50)23-16-27(42)28(17-26(23)41)48-60(55,56)29-15-22(57-34(43)44)13-14-25(29)40/h13-21,34,48H,9-12H2,1-8H3,(H,46,51)(H,52,53)/t20-,21+. The highest BCUT2D eigenvalue weighted by Gasteiger charge is 2.37. The summed E-state index contributed by atoms with van der Waals surface area (Å²) in [6.45, 7) is 9.98. The van der Waals surface area contributed by atoms with Gasteiger partial charge in [-0.25, -0.2) is 36.6 Å². The Morgan fingerprint density at radius 1 is 0.967 bits per heavy atom. The van der Waals surface area contributed by atoms with E-state index in [9.17, 15) is 36.7 Å². The molecular formula is C39H45ClF4N6O9S. The van der Waals surface area contributed by atoms with Crippen LogP contribution in [-0.4, -0.2) is 70.4 Å². The first-order valence-electron chi connectivity index (χ1n) is 18.7. The summed E-state index contributed by atoms with van der Waals surface area (Å²) >= 11 is 6.03. The number of carbonyl (C=O) groups is 3. The number of aromatic nitrogens is 3. The molecule has 2 aromatic heterocycles. The Morgan fingerprint density at radius 2 is 1.60 bits per heavy atom. The van der Waals surface area contributed by atoms with E-state index < -0.39 is 96.5 Å². The van der Waals surface area contributed by atoms with Crippen LogP contribution >= 0.6 is 11.6 Å². The van der Waals surface area contributed by atoms with Gasteiger partial charge in [0, 0.05) is 36.0 Å². The van der Waals surface area contributed by atoms with Gasteiger partial charge in [0.2, 0.25) is 0 Å². The lowest BCUT2D eigenvalue weighted by Crippen LogP contribution is -2.41. The second kappa shape index (κ2) is 17.3. The monoisotopic (exact) mass is 884 g/mol. The van der Waals surface area contributed by atoms with Crippen molar-refractivity contribution in [2.24, 2.45) is 0 Å². The second-order valence-corrected chi connectivity index (χ2v) is 18.4. The lowest BCUT2D eigenvalue weighted by atomic mass is 9.81. The van der Waals surface area contributed by atoms with E-state index in [1.54, 1.807) is 34.6 Å². The minimum atomic E-state index is -4.85. The van der Waals surface area contributed by atoms with Crippen molar-refractivity contribution in [1.82, 2.24) is 20.1 Å². The fraction of sp³-hybridized carbons (Fsp3) is 0.462. The van der Waals surface area contributed by atoms with Crippen LogP contribution in [-0.2, 0) is 19.5 Å². The molecule has 0 radical (unpaired) electrons.